The normalized spacial score (nSPS) is 14.1. The Balaban J connectivity index is 1.06. The van der Waals surface area contributed by atoms with E-state index in [0.29, 0.717) is 6.42 Å². The van der Waals surface area contributed by atoms with E-state index in [1.807, 2.05) is 12.4 Å². The van der Waals surface area contributed by atoms with Crippen LogP contribution in [0.15, 0.2) is 304 Å². The van der Waals surface area contributed by atoms with Gasteiger partial charge in [-0.05, 0) is 214 Å². The number of benzene rings is 13. The summed E-state index contributed by atoms with van der Waals surface area (Å²) in [6.07, 6.45) is 4.48. The standard InChI is InChI=1S/C102H91N2O7/c1-13-103-65(4)66(5)104(14-2)96(103)59-67-17-21-76(22-18-67)101-90-57-39-79(99(72-29-47-84(108-9)48-30-72)73-31-49-85(109-10)50-32-73)62-94(90)102(95-63-80(40-58-91(95)101)100(74-33-51-86(110-11)52-34-74)75-35-53-87(111-12)54-36-75)92-60-77(97(68-19-15-64(3)16-20-68)69-23-41-81(105-6)42-24-69)37-55-88(92)89-56-38-78(61-93(89)102)98(70-25-43-82(106-7)44-26-70)71-27-45-83(107-8)46-28-71/h13-58,60-63,97-101H,1-2,59H2,3-12H3/q+1. The Hall–Kier alpha value is -12.9. The number of aromatic nitrogens is 2. The number of ether oxygens (including phenoxy) is 7. The first-order chi connectivity index (χ1) is 54.3. The number of rotatable bonds is 24. The number of methoxy groups -OCH3 is 7. The SMILES string of the molecule is C=Cn1c(C)c(C)[n+](C=C)c1Cc1ccc(C2c3ccc(C(c4ccc(OC)cc4)c4ccc(OC)cc4)cc3C3(c4cc(C(c5ccc(C)cc5)c5ccc(OC)cc5)ccc4-c4ccc(C(c5ccc(OC)cc5)c5ccc(OC)cc5)cc43)c3cc(C(c4ccc(OC)cc4)c4ccc(OC)cc4)ccc32)cc1. The van der Waals surface area contributed by atoms with E-state index >= 15 is 0 Å². The Morgan fingerprint density at radius 1 is 0.333 bits per heavy atom. The second-order valence-electron chi connectivity index (χ2n) is 29.2. The molecule has 16 rings (SSSR count). The Morgan fingerprint density at radius 2 is 0.604 bits per heavy atom. The zero-order chi connectivity index (χ0) is 76.6. The maximum Gasteiger partial charge on any atom is 0.270 e. The van der Waals surface area contributed by atoms with Crippen molar-refractivity contribution >= 4 is 12.4 Å². The van der Waals surface area contributed by atoms with Crippen LogP contribution in [0, 0.1) is 20.8 Å². The highest BCUT2D eigenvalue weighted by Crippen LogP contribution is 2.64. The monoisotopic (exact) mass is 1460 g/mol. The van der Waals surface area contributed by atoms with Gasteiger partial charge in [-0.2, -0.15) is 0 Å². The summed E-state index contributed by atoms with van der Waals surface area (Å²) in [6.45, 7) is 15.0. The second kappa shape index (κ2) is 30.7. The molecule has 0 radical (unpaired) electrons. The molecule has 0 aliphatic heterocycles. The van der Waals surface area contributed by atoms with Crippen molar-refractivity contribution in [2.45, 2.75) is 62.2 Å². The van der Waals surface area contributed by atoms with Gasteiger partial charge in [0.15, 0.2) is 0 Å². The Labute approximate surface area is 652 Å². The summed E-state index contributed by atoms with van der Waals surface area (Å²) in [5, 5.41) is 0. The van der Waals surface area contributed by atoms with Crippen LogP contribution in [0.3, 0.4) is 0 Å². The summed E-state index contributed by atoms with van der Waals surface area (Å²) in [6, 6.07) is 109. The van der Waals surface area contributed by atoms with Crippen LogP contribution in [0.5, 0.6) is 40.2 Å². The molecule has 2 aliphatic carbocycles. The van der Waals surface area contributed by atoms with Gasteiger partial charge in [0.1, 0.15) is 51.6 Å². The van der Waals surface area contributed by atoms with Crippen LogP contribution in [-0.4, -0.2) is 54.3 Å². The molecule has 2 aliphatic rings. The zero-order valence-electron chi connectivity index (χ0n) is 64.6. The minimum atomic E-state index is -1.05. The molecule has 0 saturated carbocycles. The maximum absolute atomic E-state index is 5.90. The fourth-order valence-corrected chi connectivity index (χ4v) is 17.8. The first-order valence-electron chi connectivity index (χ1n) is 37.9. The number of fused-ring (bicyclic) bond motifs is 9. The van der Waals surface area contributed by atoms with Gasteiger partial charge in [-0.15, -0.1) is 0 Å². The Kier molecular flexibility index (Phi) is 20.0. The van der Waals surface area contributed by atoms with E-state index in [1.165, 1.54) is 55.6 Å². The molecular formula is C102H91N2O7+. The van der Waals surface area contributed by atoms with Crippen LogP contribution in [0.1, 0.15) is 164 Å². The average molecular weight is 1460 g/mol. The topological polar surface area (TPSA) is 73.4 Å². The molecule has 9 heteroatoms. The van der Waals surface area contributed by atoms with Gasteiger partial charge in [-0.25, -0.2) is 9.13 Å². The third-order valence-corrected chi connectivity index (χ3v) is 23.5. The van der Waals surface area contributed by atoms with Gasteiger partial charge >= 0.3 is 0 Å². The van der Waals surface area contributed by atoms with Gasteiger partial charge in [0, 0.05) is 43.4 Å². The molecule has 14 aromatic rings. The van der Waals surface area contributed by atoms with Crippen molar-refractivity contribution in [1.29, 1.82) is 0 Å². The molecule has 1 atom stereocenters. The van der Waals surface area contributed by atoms with E-state index in [2.05, 4.69) is 334 Å². The zero-order valence-corrected chi connectivity index (χ0v) is 64.6. The third-order valence-electron chi connectivity index (χ3n) is 23.5. The lowest BCUT2D eigenvalue weighted by Crippen LogP contribution is -2.37. The van der Waals surface area contributed by atoms with Gasteiger partial charge in [-0.3, -0.25) is 0 Å². The fraction of sp³-hybridized carbons (Fsp3) is 0.167. The molecule has 0 bridgehead atoms. The summed E-state index contributed by atoms with van der Waals surface area (Å²) in [5.74, 6) is 5.39. The molecule has 111 heavy (non-hydrogen) atoms. The van der Waals surface area contributed by atoms with Crippen molar-refractivity contribution < 1.29 is 37.7 Å². The molecule has 1 heterocycles. The van der Waals surface area contributed by atoms with Crippen molar-refractivity contribution in [3.63, 3.8) is 0 Å². The van der Waals surface area contributed by atoms with E-state index in [-0.39, 0.29) is 29.6 Å². The number of imidazole rings is 1. The van der Waals surface area contributed by atoms with Crippen LogP contribution >= 0.6 is 0 Å². The molecule has 0 N–H and O–H groups in total. The molecule has 1 aromatic heterocycles. The molecule has 1 unspecified atom stereocenters. The summed E-state index contributed by atoms with van der Waals surface area (Å²) < 4.78 is 45.6. The lowest BCUT2D eigenvalue weighted by Gasteiger charge is -2.45. The number of aryl methyl sites for hydroxylation is 1. The predicted molar refractivity (Wildman–Crippen MR) is 447 cm³/mol. The smallest absolute Gasteiger partial charge is 0.270 e. The van der Waals surface area contributed by atoms with Crippen LogP contribution in [0.4, 0.5) is 0 Å². The third kappa shape index (κ3) is 13.1. The summed E-state index contributed by atoms with van der Waals surface area (Å²) in [5.41, 5.74) is 27.8. The van der Waals surface area contributed by atoms with Crippen LogP contribution in [0.2, 0.25) is 0 Å². The average Bonchev–Trinajstić information content (AvgIpc) is 1.58. The predicted octanol–water partition coefficient (Wildman–Crippen LogP) is 22.1. The van der Waals surface area contributed by atoms with Crippen LogP contribution < -0.4 is 37.7 Å². The summed E-state index contributed by atoms with van der Waals surface area (Å²) >= 11 is 0. The van der Waals surface area contributed by atoms with Crippen LogP contribution in [-0.2, 0) is 11.8 Å². The largest absolute Gasteiger partial charge is 0.497 e. The highest BCUT2D eigenvalue weighted by molar-refractivity contribution is 5.90. The van der Waals surface area contributed by atoms with E-state index in [0.717, 1.165) is 130 Å². The van der Waals surface area contributed by atoms with E-state index in [4.69, 9.17) is 33.2 Å². The lowest BCUT2D eigenvalue weighted by atomic mass is 9.57. The highest BCUT2D eigenvalue weighted by Gasteiger charge is 2.53. The molecule has 13 aromatic carbocycles. The molecule has 0 amide bonds. The molecule has 0 saturated heterocycles. The van der Waals surface area contributed by atoms with Crippen molar-refractivity contribution in [1.82, 2.24) is 4.57 Å². The van der Waals surface area contributed by atoms with Gasteiger partial charge in [0.25, 0.3) is 5.82 Å². The van der Waals surface area contributed by atoms with Crippen molar-refractivity contribution in [3.05, 3.63) is 438 Å². The van der Waals surface area contributed by atoms with Gasteiger partial charge in [-0.1, -0.05) is 225 Å². The van der Waals surface area contributed by atoms with Crippen molar-refractivity contribution in [2.75, 3.05) is 49.8 Å². The first-order valence-corrected chi connectivity index (χ1v) is 37.9. The van der Waals surface area contributed by atoms with E-state index in [9.17, 15) is 0 Å². The molecule has 1 spiro atoms. The molecule has 9 nitrogen and oxygen atoms in total. The first kappa shape index (κ1) is 72.4. The quantitative estimate of drug-likeness (QED) is 0.0441. The summed E-state index contributed by atoms with van der Waals surface area (Å²) in [4.78, 5) is 0. The molecule has 0 fully saturated rings. The Bertz CT molecular complexity index is 5400. The number of hydrogen-bond acceptors (Lipinski definition) is 7. The van der Waals surface area contributed by atoms with Crippen molar-refractivity contribution in [3.8, 4) is 51.4 Å². The van der Waals surface area contributed by atoms with Gasteiger partial charge in [0.2, 0.25) is 0 Å². The lowest BCUT2D eigenvalue weighted by molar-refractivity contribution is -0.582. The molecular weight excluding hydrogens is 1370 g/mol. The van der Waals surface area contributed by atoms with E-state index in [1.54, 1.807) is 49.8 Å². The highest BCUT2D eigenvalue weighted by atomic mass is 16.5. The summed E-state index contributed by atoms with van der Waals surface area (Å²) in [7, 11) is 12.1. The number of hydrogen-bond donors (Lipinski definition) is 0. The number of nitrogens with zero attached hydrogens (tertiary/aromatic N) is 2. The minimum absolute atomic E-state index is 0.189. The van der Waals surface area contributed by atoms with E-state index < -0.39 is 5.41 Å². The van der Waals surface area contributed by atoms with Crippen LogP contribution in [0.25, 0.3) is 23.5 Å². The van der Waals surface area contributed by atoms with Crippen molar-refractivity contribution in [2.24, 2.45) is 0 Å². The van der Waals surface area contributed by atoms with Gasteiger partial charge < -0.3 is 33.2 Å². The Morgan fingerprint density at radius 3 is 0.883 bits per heavy atom. The maximum atomic E-state index is 5.90. The minimum Gasteiger partial charge on any atom is -0.497 e. The fourth-order valence-electron chi connectivity index (χ4n) is 17.8. The molecule has 550 valence electrons. The second-order valence-corrected chi connectivity index (χ2v) is 29.2. The van der Waals surface area contributed by atoms with Gasteiger partial charge in [0.05, 0.1) is 74.0 Å².